The molecule has 1 rings (SSSR count). The molecule has 0 aliphatic heterocycles. The average molecular weight is 180 g/mol. The maximum absolute atomic E-state index is 5.72. The molecule has 0 fully saturated rings. The van der Waals surface area contributed by atoms with Crippen molar-refractivity contribution in [3.05, 3.63) is 29.3 Å². The largest absolute Gasteiger partial charge is 0.399 e. The second-order valence-corrected chi connectivity index (χ2v) is 3.74. The summed E-state index contributed by atoms with van der Waals surface area (Å²) in [5.74, 6) is 0. The second-order valence-electron chi connectivity index (χ2n) is 3.74. The van der Waals surface area contributed by atoms with Crippen LogP contribution >= 0.6 is 0 Å². The highest BCUT2D eigenvalue weighted by molar-refractivity contribution is 5.44. The second kappa shape index (κ2) is 4.28. The van der Waals surface area contributed by atoms with Gasteiger partial charge in [0.2, 0.25) is 0 Å². The monoisotopic (exact) mass is 180 g/mol. The maximum atomic E-state index is 5.72. The molecular weight excluding hydrogens is 160 g/mol. The highest BCUT2D eigenvalue weighted by Crippen LogP contribution is 2.13. The van der Waals surface area contributed by atoms with E-state index >= 15 is 0 Å². The quantitative estimate of drug-likeness (QED) is 0.720. The molecule has 1 aromatic rings. The molecule has 0 radical (unpaired) electrons. The van der Waals surface area contributed by atoms with Gasteiger partial charge in [-0.2, -0.15) is 0 Å². The van der Waals surface area contributed by atoms with Crippen molar-refractivity contribution < 1.29 is 1.43 Å². The Hall–Kier alpha value is -1.02. The number of likely N-dealkylation sites (N-methyl/N-ethyl adjacent to an activating group) is 1. The van der Waals surface area contributed by atoms with Crippen LogP contribution in [0.3, 0.4) is 0 Å². The standard InChI is InChI=1S/C11H18N2.H2/c1-9-4-5-11(12)8-10(9)6-7-13(2)3;/h4-5,8H,6-7,12H2,1-3H3;1H. The van der Waals surface area contributed by atoms with Gasteiger partial charge in [-0.25, -0.2) is 0 Å². The van der Waals surface area contributed by atoms with Crippen molar-refractivity contribution in [1.29, 1.82) is 0 Å². The van der Waals surface area contributed by atoms with E-state index in [0.29, 0.717) is 0 Å². The summed E-state index contributed by atoms with van der Waals surface area (Å²) in [6.45, 7) is 3.20. The molecule has 13 heavy (non-hydrogen) atoms. The number of benzene rings is 1. The predicted molar refractivity (Wildman–Crippen MR) is 60.0 cm³/mol. The minimum absolute atomic E-state index is 0. The Kier molecular flexibility index (Phi) is 3.32. The van der Waals surface area contributed by atoms with Crippen molar-refractivity contribution in [2.24, 2.45) is 0 Å². The fourth-order valence-electron chi connectivity index (χ4n) is 1.30. The molecule has 0 bridgehead atoms. The maximum Gasteiger partial charge on any atom is 0.0316 e. The minimum Gasteiger partial charge on any atom is -0.399 e. The van der Waals surface area contributed by atoms with E-state index in [1.54, 1.807) is 0 Å². The number of hydrogen-bond acceptors (Lipinski definition) is 2. The zero-order valence-electron chi connectivity index (χ0n) is 8.67. The Morgan fingerprint density at radius 3 is 2.69 bits per heavy atom. The van der Waals surface area contributed by atoms with E-state index in [1.807, 2.05) is 6.07 Å². The first-order valence-electron chi connectivity index (χ1n) is 4.59. The molecule has 2 N–H and O–H groups in total. The normalized spacial score (nSPS) is 10.8. The SMILES string of the molecule is Cc1ccc(N)cc1CCN(C)C.[HH]. The van der Waals surface area contributed by atoms with Gasteiger partial charge in [0.25, 0.3) is 0 Å². The van der Waals surface area contributed by atoms with Crippen molar-refractivity contribution >= 4 is 5.69 Å². The van der Waals surface area contributed by atoms with Gasteiger partial charge in [0.1, 0.15) is 0 Å². The van der Waals surface area contributed by atoms with E-state index in [4.69, 9.17) is 5.73 Å². The summed E-state index contributed by atoms with van der Waals surface area (Å²) in [6.07, 6.45) is 1.07. The van der Waals surface area contributed by atoms with Crippen LogP contribution in [0.2, 0.25) is 0 Å². The van der Waals surface area contributed by atoms with Crippen molar-refractivity contribution in [2.45, 2.75) is 13.3 Å². The minimum atomic E-state index is 0. The molecular formula is C11H20N2. The van der Waals surface area contributed by atoms with Crippen molar-refractivity contribution in [2.75, 3.05) is 26.4 Å². The molecule has 0 unspecified atom stereocenters. The number of aryl methyl sites for hydroxylation is 1. The van der Waals surface area contributed by atoms with Crippen LogP contribution in [0.5, 0.6) is 0 Å². The van der Waals surface area contributed by atoms with Crippen molar-refractivity contribution in [1.82, 2.24) is 4.90 Å². The van der Waals surface area contributed by atoms with Crippen LogP contribution in [0.25, 0.3) is 0 Å². The molecule has 0 amide bonds. The van der Waals surface area contributed by atoms with Gasteiger partial charge in [0.05, 0.1) is 0 Å². The first kappa shape index (κ1) is 10.1. The lowest BCUT2D eigenvalue weighted by Gasteiger charge is -2.11. The van der Waals surface area contributed by atoms with Gasteiger partial charge in [-0.05, 0) is 50.7 Å². The van der Waals surface area contributed by atoms with Crippen LogP contribution in [-0.4, -0.2) is 25.5 Å². The fraction of sp³-hybridized carbons (Fsp3) is 0.455. The number of rotatable bonds is 3. The van der Waals surface area contributed by atoms with E-state index in [1.165, 1.54) is 11.1 Å². The third-order valence-electron chi connectivity index (χ3n) is 2.20. The van der Waals surface area contributed by atoms with Crippen LogP contribution in [-0.2, 0) is 6.42 Å². The Morgan fingerprint density at radius 2 is 2.08 bits per heavy atom. The van der Waals surface area contributed by atoms with Crippen LogP contribution in [0.15, 0.2) is 18.2 Å². The van der Waals surface area contributed by atoms with Crippen LogP contribution in [0.1, 0.15) is 12.6 Å². The first-order chi connectivity index (χ1) is 6.09. The van der Waals surface area contributed by atoms with Crippen molar-refractivity contribution in [3.8, 4) is 0 Å². The summed E-state index contributed by atoms with van der Waals surface area (Å²) >= 11 is 0. The van der Waals surface area contributed by atoms with Gasteiger partial charge in [-0.15, -0.1) is 0 Å². The topological polar surface area (TPSA) is 29.3 Å². The third kappa shape index (κ3) is 3.07. The van der Waals surface area contributed by atoms with Crippen molar-refractivity contribution in [3.63, 3.8) is 0 Å². The van der Waals surface area contributed by atoms with E-state index in [-0.39, 0.29) is 1.43 Å². The highest BCUT2D eigenvalue weighted by atomic mass is 15.0. The van der Waals surface area contributed by atoms with Gasteiger partial charge >= 0.3 is 0 Å². The summed E-state index contributed by atoms with van der Waals surface area (Å²) in [4.78, 5) is 2.18. The Labute approximate surface area is 81.8 Å². The molecule has 0 aliphatic rings. The fourth-order valence-corrected chi connectivity index (χ4v) is 1.30. The van der Waals surface area contributed by atoms with E-state index < -0.39 is 0 Å². The molecule has 74 valence electrons. The molecule has 0 aliphatic carbocycles. The lowest BCUT2D eigenvalue weighted by Crippen LogP contribution is -2.15. The van der Waals surface area contributed by atoms with E-state index in [9.17, 15) is 0 Å². The summed E-state index contributed by atoms with van der Waals surface area (Å²) in [5.41, 5.74) is 9.27. The first-order valence-corrected chi connectivity index (χ1v) is 4.59. The number of nitrogens with zero attached hydrogens (tertiary/aromatic N) is 1. The van der Waals surface area contributed by atoms with E-state index in [2.05, 4.69) is 38.1 Å². The van der Waals surface area contributed by atoms with E-state index in [0.717, 1.165) is 18.7 Å². The Morgan fingerprint density at radius 1 is 1.38 bits per heavy atom. The highest BCUT2D eigenvalue weighted by Gasteiger charge is 1.99. The predicted octanol–water partition coefficient (Wildman–Crippen LogP) is 1.93. The molecule has 0 aromatic heterocycles. The lowest BCUT2D eigenvalue weighted by molar-refractivity contribution is 0.413. The molecule has 0 saturated carbocycles. The zero-order valence-corrected chi connectivity index (χ0v) is 8.67. The number of nitrogen functional groups attached to an aromatic ring is 1. The van der Waals surface area contributed by atoms with Gasteiger partial charge in [0, 0.05) is 13.7 Å². The van der Waals surface area contributed by atoms with Gasteiger partial charge in [-0.1, -0.05) is 6.07 Å². The Bertz CT molecular complexity index is 285. The third-order valence-corrected chi connectivity index (χ3v) is 2.20. The summed E-state index contributed by atoms with van der Waals surface area (Å²) in [6, 6.07) is 6.10. The molecule has 1 aromatic carbocycles. The van der Waals surface area contributed by atoms with Crippen LogP contribution < -0.4 is 5.73 Å². The smallest absolute Gasteiger partial charge is 0.0316 e. The molecule has 0 spiro atoms. The molecule has 0 heterocycles. The average Bonchev–Trinajstić information content (AvgIpc) is 2.06. The summed E-state index contributed by atoms with van der Waals surface area (Å²) in [7, 11) is 4.17. The number of anilines is 1. The summed E-state index contributed by atoms with van der Waals surface area (Å²) < 4.78 is 0. The number of nitrogens with two attached hydrogens (primary N) is 1. The Balaban J connectivity index is 0.00000169. The summed E-state index contributed by atoms with van der Waals surface area (Å²) in [5, 5.41) is 0. The van der Waals surface area contributed by atoms with Crippen LogP contribution in [0.4, 0.5) is 5.69 Å². The van der Waals surface area contributed by atoms with Gasteiger partial charge in [0.15, 0.2) is 0 Å². The molecule has 0 atom stereocenters. The molecule has 2 heteroatoms. The lowest BCUT2D eigenvalue weighted by atomic mass is 10.0. The molecule has 2 nitrogen and oxygen atoms in total. The number of hydrogen-bond donors (Lipinski definition) is 1. The van der Waals surface area contributed by atoms with Crippen LogP contribution in [0, 0.1) is 6.92 Å². The molecule has 0 saturated heterocycles. The van der Waals surface area contributed by atoms with Gasteiger partial charge in [-0.3, -0.25) is 0 Å². The van der Waals surface area contributed by atoms with Gasteiger partial charge < -0.3 is 10.6 Å². The zero-order chi connectivity index (χ0) is 9.84.